The normalized spacial score (nSPS) is 28.5. The summed E-state index contributed by atoms with van der Waals surface area (Å²) in [5.74, 6) is 0.588. The van der Waals surface area contributed by atoms with Gasteiger partial charge in [-0.3, -0.25) is 4.90 Å². The molecule has 2 aliphatic rings. The Balaban J connectivity index is 1.91. The van der Waals surface area contributed by atoms with E-state index in [4.69, 9.17) is 5.73 Å². The van der Waals surface area contributed by atoms with Crippen LogP contribution >= 0.6 is 0 Å². The Hall–Kier alpha value is -0.870. The molecule has 4 nitrogen and oxygen atoms in total. The predicted molar refractivity (Wildman–Crippen MR) is 81.4 cm³/mol. The standard InChI is InChI=1S/C16H28N4/c1-2-8-19-12-18-11-15(19)16-13(10-17)5-3-4-9-20(16)14-6-7-14/h11-14,16H,2-10,17H2,1H3. The fourth-order valence-corrected chi connectivity index (χ4v) is 3.75. The van der Waals surface area contributed by atoms with E-state index in [9.17, 15) is 0 Å². The number of nitrogens with two attached hydrogens (primary N) is 1. The molecule has 2 N–H and O–H groups in total. The number of likely N-dealkylation sites (tertiary alicyclic amines) is 1. The smallest absolute Gasteiger partial charge is 0.0948 e. The van der Waals surface area contributed by atoms with Crippen LogP contribution in [0, 0.1) is 5.92 Å². The van der Waals surface area contributed by atoms with Crippen LogP contribution in [-0.4, -0.2) is 33.6 Å². The van der Waals surface area contributed by atoms with E-state index >= 15 is 0 Å². The highest BCUT2D eigenvalue weighted by Gasteiger charge is 2.40. The Labute approximate surface area is 122 Å². The molecule has 0 amide bonds. The van der Waals surface area contributed by atoms with Gasteiger partial charge in [0.15, 0.2) is 0 Å². The molecule has 1 saturated heterocycles. The van der Waals surface area contributed by atoms with Crippen molar-refractivity contribution in [3.8, 4) is 0 Å². The summed E-state index contributed by atoms with van der Waals surface area (Å²) in [5, 5.41) is 0. The summed E-state index contributed by atoms with van der Waals surface area (Å²) in [7, 11) is 0. The molecule has 1 saturated carbocycles. The van der Waals surface area contributed by atoms with Gasteiger partial charge in [-0.15, -0.1) is 0 Å². The Kier molecular flexibility index (Phi) is 4.41. The molecule has 1 aliphatic heterocycles. The van der Waals surface area contributed by atoms with Gasteiger partial charge in [0.05, 0.1) is 18.1 Å². The van der Waals surface area contributed by atoms with Crippen LogP contribution in [0.15, 0.2) is 12.5 Å². The third-order valence-corrected chi connectivity index (χ3v) is 4.88. The van der Waals surface area contributed by atoms with Gasteiger partial charge in [0.25, 0.3) is 0 Å². The first-order valence-electron chi connectivity index (χ1n) is 8.31. The average Bonchev–Trinajstić information content (AvgIpc) is 3.23. The zero-order valence-electron chi connectivity index (χ0n) is 12.7. The molecule has 0 aromatic carbocycles. The van der Waals surface area contributed by atoms with E-state index in [2.05, 4.69) is 27.6 Å². The first kappa shape index (κ1) is 14.1. The van der Waals surface area contributed by atoms with Gasteiger partial charge in [0, 0.05) is 18.8 Å². The number of hydrogen-bond donors (Lipinski definition) is 1. The molecule has 1 aromatic heterocycles. The van der Waals surface area contributed by atoms with Gasteiger partial charge in [-0.25, -0.2) is 4.98 Å². The molecule has 2 atom stereocenters. The number of hydrogen-bond acceptors (Lipinski definition) is 3. The quantitative estimate of drug-likeness (QED) is 0.899. The molecule has 0 spiro atoms. The van der Waals surface area contributed by atoms with Gasteiger partial charge in [0.2, 0.25) is 0 Å². The molecular formula is C16H28N4. The Bertz CT molecular complexity index is 424. The number of nitrogens with zero attached hydrogens (tertiary/aromatic N) is 3. The largest absolute Gasteiger partial charge is 0.333 e. The van der Waals surface area contributed by atoms with Gasteiger partial charge in [-0.2, -0.15) is 0 Å². The lowest BCUT2D eigenvalue weighted by Gasteiger charge is -2.35. The minimum absolute atomic E-state index is 0.490. The van der Waals surface area contributed by atoms with Crippen molar-refractivity contribution < 1.29 is 0 Å². The van der Waals surface area contributed by atoms with E-state index in [-0.39, 0.29) is 0 Å². The van der Waals surface area contributed by atoms with Crippen molar-refractivity contribution in [3.05, 3.63) is 18.2 Å². The van der Waals surface area contributed by atoms with Gasteiger partial charge in [-0.1, -0.05) is 13.3 Å². The molecule has 20 heavy (non-hydrogen) atoms. The Morgan fingerprint density at radius 2 is 2.15 bits per heavy atom. The molecule has 2 fully saturated rings. The molecule has 112 valence electrons. The minimum Gasteiger partial charge on any atom is -0.333 e. The van der Waals surface area contributed by atoms with Gasteiger partial charge >= 0.3 is 0 Å². The van der Waals surface area contributed by atoms with Crippen LogP contribution < -0.4 is 5.73 Å². The second-order valence-corrected chi connectivity index (χ2v) is 6.42. The van der Waals surface area contributed by atoms with Crippen molar-refractivity contribution in [1.29, 1.82) is 0 Å². The second kappa shape index (κ2) is 6.27. The molecule has 0 bridgehead atoms. The average molecular weight is 276 g/mol. The number of aromatic nitrogens is 2. The molecule has 1 aliphatic carbocycles. The minimum atomic E-state index is 0.490. The van der Waals surface area contributed by atoms with Crippen LogP contribution in [0.5, 0.6) is 0 Å². The fraction of sp³-hybridized carbons (Fsp3) is 0.812. The maximum absolute atomic E-state index is 6.12. The maximum atomic E-state index is 6.12. The van der Waals surface area contributed by atoms with Crippen LogP contribution in [0.1, 0.15) is 57.2 Å². The molecule has 4 heteroatoms. The highest BCUT2D eigenvalue weighted by Crippen LogP contribution is 2.41. The summed E-state index contributed by atoms with van der Waals surface area (Å²) in [6.07, 6.45) is 11.9. The Morgan fingerprint density at radius 1 is 1.30 bits per heavy atom. The van der Waals surface area contributed by atoms with E-state index in [0.29, 0.717) is 12.0 Å². The monoisotopic (exact) mass is 276 g/mol. The molecule has 1 aromatic rings. The topological polar surface area (TPSA) is 47.1 Å². The zero-order chi connectivity index (χ0) is 13.9. The predicted octanol–water partition coefficient (Wildman–Crippen LogP) is 2.56. The summed E-state index contributed by atoms with van der Waals surface area (Å²) in [6.45, 7) is 5.34. The van der Waals surface area contributed by atoms with Crippen LogP contribution in [0.4, 0.5) is 0 Å². The Morgan fingerprint density at radius 3 is 2.85 bits per heavy atom. The first-order valence-corrected chi connectivity index (χ1v) is 8.31. The number of aryl methyl sites for hydroxylation is 1. The third-order valence-electron chi connectivity index (χ3n) is 4.88. The highest BCUT2D eigenvalue weighted by molar-refractivity contribution is 5.11. The third kappa shape index (κ3) is 2.77. The van der Waals surface area contributed by atoms with Crippen LogP contribution in [0.2, 0.25) is 0 Å². The van der Waals surface area contributed by atoms with Crippen molar-refractivity contribution in [1.82, 2.24) is 14.5 Å². The van der Waals surface area contributed by atoms with E-state index in [0.717, 1.165) is 25.6 Å². The van der Waals surface area contributed by atoms with Gasteiger partial charge in [-0.05, 0) is 51.1 Å². The molecule has 0 radical (unpaired) electrons. The van der Waals surface area contributed by atoms with Crippen molar-refractivity contribution in [3.63, 3.8) is 0 Å². The number of rotatable bonds is 5. The molecule has 2 heterocycles. The van der Waals surface area contributed by atoms with E-state index in [1.165, 1.54) is 44.3 Å². The SMILES string of the molecule is CCCn1cncc1C1C(CN)CCCCN1C1CC1. The van der Waals surface area contributed by atoms with Crippen molar-refractivity contribution in [2.24, 2.45) is 11.7 Å². The number of imidazole rings is 1. The van der Waals surface area contributed by atoms with E-state index < -0.39 is 0 Å². The zero-order valence-corrected chi connectivity index (χ0v) is 12.7. The van der Waals surface area contributed by atoms with E-state index in [1.54, 1.807) is 0 Å². The maximum Gasteiger partial charge on any atom is 0.0948 e. The van der Waals surface area contributed by atoms with Crippen LogP contribution in [0.3, 0.4) is 0 Å². The van der Waals surface area contributed by atoms with Crippen molar-refractivity contribution in [2.75, 3.05) is 13.1 Å². The molecule has 3 rings (SSSR count). The summed E-state index contributed by atoms with van der Waals surface area (Å²) in [4.78, 5) is 7.17. The molecular weight excluding hydrogens is 248 g/mol. The second-order valence-electron chi connectivity index (χ2n) is 6.42. The summed E-state index contributed by atoms with van der Waals surface area (Å²) >= 11 is 0. The van der Waals surface area contributed by atoms with Crippen molar-refractivity contribution >= 4 is 0 Å². The lowest BCUT2D eigenvalue weighted by Crippen LogP contribution is -2.38. The van der Waals surface area contributed by atoms with Gasteiger partial charge in [0.1, 0.15) is 0 Å². The highest BCUT2D eigenvalue weighted by atomic mass is 15.2. The van der Waals surface area contributed by atoms with Crippen LogP contribution in [0.25, 0.3) is 0 Å². The van der Waals surface area contributed by atoms with Gasteiger partial charge < -0.3 is 10.3 Å². The first-order chi connectivity index (χ1) is 9.85. The van der Waals surface area contributed by atoms with E-state index in [1.807, 2.05) is 6.33 Å². The lowest BCUT2D eigenvalue weighted by molar-refractivity contribution is 0.142. The summed E-state index contributed by atoms with van der Waals surface area (Å²) < 4.78 is 2.36. The molecule has 2 unspecified atom stereocenters. The van der Waals surface area contributed by atoms with Crippen LogP contribution in [-0.2, 0) is 6.54 Å². The summed E-state index contributed by atoms with van der Waals surface area (Å²) in [6, 6.07) is 1.29. The fourth-order valence-electron chi connectivity index (χ4n) is 3.75. The lowest BCUT2D eigenvalue weighted by atomic mass is 9.92. The van der Waals surface area contributed by atoms with Crippen molar-refractivity contribution in [2.45, 2.75) is 64.1 Å². The summed E-state index contributed by atoms with van der Waals surface area (Å²) in [5.41, 5.74) is 7.52.